The Bertz CT molecular complexity index is 5790. The maximum Gasteiger partial charge on any atom is 1.00 e. The van der Waals surface area contributed by atoms with Gasteiger partial charge in [0, 0.05) is 92.2 Å². The van der Waals surface area contributed by atoms with Crippen molar-refractivity contribution in [3.63, 3.8) is 0 Å². The smallest absolute Gasteiger partial charge is 1.00 e. The Labute approximate surface area is 639 Å². The molecule has 0 saturated heterocycles. The molecule has 0 saturated carbocycles. The van der Waals surface area contributed by atoms with E-state index in [1.807, 2.05) is 24.3 Å². The molecule has 15 heteroatoms. The molecule has 12 aromatic carbocycles. The van der Waals surface area contributed by atoms with Gasteiger partial charge in [0.05, 0.1) is 47.6 Å². The summed E-state index contributed by atoms with van der Waals surface area (Å²) in [5, 5.41) is 23.1. The number of para-hydroxylation sites is 8. The standard InChI is InChI=1S/C36H21BrN2O.C24H16N2.C12H6BrIO.C3H6O.CH2O3.2K.H/c37-29-14-8-13-26-28-21-23(17-20-33(28)40-36(26)29)39-30-15-6-4-11-24(30)25-18-19-32-34(35(25)39)27-12-5-7-16-31(27)38(32)22-9-2-1-3-10-22;1-2-8-16(9-3-1)26-21-13-7-5-11-19(21)23-22(26)15-14-18-17-10-4-6-12-20(17)25-24(18)23;13-10-3-1-2-8-9-6-7(14)4-5-11(9)15-12(8)10;1-3(2)4;2-1-4-3;;;/h1-21H;1-15,25H;1-6H;1-2H3;1,3H;;;/q;;;;;2*+1;-1/p-1/i;;;1D;;;;. The predicted octanol–water partition coefficient (Wildman–Crippen LogP) is 15.1. The molecule has 0 amide bonds. The number of H-pyrrole nitrogens is 1. The first-order valence-electron chi connectivity index (χ1n) is 29.2. The first-order chi connectivity index (χ1) is 44.1. The molecule has 0 fully saturated rings. The van der Waals surface area contributed by atoms with Crippen LogP contribution in [0, 0.1) is 3.57 Å². The number of fused-ring (bicyclic) bond motifs is 20. The van der Waals surface area contributed by atoms with Gasteiger partial charge < -0.3 is 43.9 Å². The maximum absolute atomic E-state index is 9.62. The van der Waals surface area contributed by atoms with Crippen LogP contribution in [-0.4, -0.2) is 30.9 Å². The van der Waals surface area contributed by atoms with Crippen LogP contribution in [0.5, 0.6) is 0 Å². The summed E-state index contributed by atoms with van der Waals surface area (Å²) in [6.45, 7) is 1.13. The number of ketones is 1. The van der Waals surface area contributed by atoms with Crippen molar-refractivity contribution in [2.24, 2.45) is 0 Å². The summed E-state index contributed by atoms with van der Waals surface area (Å²) in [5.74, 6) is -0.0787. The summed E-state index contributed by atoms with van der Waals surface area (Å²) < 4.78 is 28.7. The van der Waals surface area contributed by atoms with Crippen LogP contribution in [0.15, 0.2) is 273 Å². The first kappa shape index (κ1) is 63.3. The average Bonchev–Trinajstić information content (AvgIpc) is 1.57. The molecule has 6 aromatic heterocycles. The van der Waals surface area contributed by atoms with E-state index in [9.17, 15) is 4.79 Å². The summed E-state index contributed by atoms with van der Waals surface area (Å²) in [7, 11) is 0. The Hall–Kier alpha value is -6.50. The quantitative estimate of drug-likeness (QED) is 0.0615. The zero-order chi connectivity index (χ0) is 61.6. The predicted molar refractivity (Wildman–Crippen MR) is 379 cm³/mol. The topological polar surface area (TPSA) is 123 Å². The van der Waals surface area contributed by atoms with E-state index in [4.69, 9.17) is 20.3 Å². The van der Waals surface area contributed by atoms with Crippen LogP contribution in [0.25, 0.3) is 148 Å². The fraction of sp³-hybridized carbons (Fsp3) is 0.0263. The minimum Gasteiger partial charge on any atom is -1.00 e. The van der Waals surface area contributed by atoms with Crippen LogP contribution in [0.3, 0.4) is 0 Å². The third-order valence-corrected chi connectivity index (χ3v) is 17.9. The number of nitrogens with zero attached hydrogens (tertiary/aromatic N) is 3. The van der Waals surface area contributed by atoms with Crippen LogP contribution in [0.4, 0.5) is 0 Å². The first-order valence-corrected chi connectivity index (χ1v) is 31.2. The molecule has 0 radical (unpaired) electrons. The van der Waals surface area contributed by atoms with Gasteiger partial charge in [0.15, 0.2) is 0 Å². The molecule has 0 unspecified atom stereocenters. The van der Waals surface area contributed by atoms with Gasteiger partial charge >= 0.3 is 103 Å². The number of carbonyl (C=O) groups is 2. The molecule has 0 aliphatic carbocycles. The van der Waals surface area contributed by atoms with Crippen LogP contribution in [-0.2, 0) is 14.5 Å². The van der Waals surface area contributed by atoms with Crippen molar-refractivity contribution >= 4 is 198 Å². The molecule has 1 N–H and O–H groups in total. The number of hydrogen-bond donors (Lipinski definition) is 1. The molecule has 0 atom stereocenters. The fourth-order valence-corrected chi connectivity index (χ4v) is 13.9. The number of aromatic amines is 1. The van der Waals surface area contributed by atoms with Gasteiger partial charge in [-0.3, -0.25) is 4.79 Å². The molecular weight excluding hydrogens is 1430 g/mol. The van der Waals surface area contributed by atoms with Crippen molar-refractivity contribution in [3.05, 3.63) is 267 Å². The molecule has 91 heavy (non-hydrogen) atoms. The minimum atomic E-state index is -0.181. The van der Waals surface area contributed by atoms with Crippen LogP contribution < -0.4 is 108 Å². The minimum absolute atomic E-state index is 0. The average molecular weight is 1480 g/mol. The van der Waals surface area contributed by atoms with Crippen LogP contribution >= 0.6 is 54.5 Å². The number of Topliss-reactive ketones (excluding diaryl/α,β-unsaturated/α-hetero) is 1. The zero-order valence-corrected chi connectivity index (χ0v) is 61.0. The molecule has 434 valence electrons. The molecule has 6 heterocycles. The number of hydrogen-bond acceptors (Lipinski definition) is 6. The molecule has 10 nitrogen and oxygen atoms in total. The van der Waals surface area contributed by atoms with Gasteiger partial charge in [0.2, 0.25) is 0 Å². The van der Waals surface area contributed by atoms with E-state index in [1.165, 1.54) is 109 Å². The molecule has 0 aliphatic heterocycles. The molecule has 18 rings (SSSR count). The number of nitrogens with one attached hydrogen (secondary N) is 1. The van der Waals surface area contributed by atoms with E-state index in [0.29, 0.717) is 0 Å². The number of benzene rings is 12. The van der Waals surface area contributed by atoms with Crippen molar-refractivity contribution in [1.29, 1.82) is 0 Å². The monoisotopic (exact) mass is 1480 g/mol. The summed E-state index contributed by atoms with van der Waals surface area (Å²) in [6.07, 6.45) is 0. The second-order valence-electron chi connectivity index (χ2n) is 21.3. The molecule has 18 aromatic rings. The Balaban J connectivity index is 0.000000143. The normalized spacial score (nSPS) is 11.2. The SMILES string of the molecule is Brc1cccc2c1oc1ccc(-n3c4ccccc4c4ccc5c(c6ccccc6n5-c5ccccc5)c43)cc12.Brc1cccc2c1oc1ccc(I)cc12.O=CO[O-].[2H]CC(C)=O.[H-].[K+].[K+].c1ccc(-n2c3ccccc3c3c4[nH]c5ccccc5c4ccc32)cc1. The molecular formula is C76H51Br2IK2N4O6. The second kappa shape index (κ2) is 28.0. The number of furan rings is 2. The van der Waals surface area contributed by atoms with E-state index in [0.717, 1.165) is 58.8 Å². The van der Waals surface area contributed by atoms with Gasteiger partial charge in [-0.1, -0.05) is 146 Å². The van der Waals surface area contributed by atoms with E-state index < -0.39 is 0 Å². The Morgan fingerprint density at radius 1 is 0.484 bits per heavy atom. The van der Waals surface area contributed by atoms with E-state index >= 15 is 0 Å². The van der Waals surface area contributed by atoms with Gasteiger partial charge in [-0.05, 0) is 177 Å². The second-order valence-corrected chi connectivity index (χ2v) is 24.2. The molecule has 0 aliphatic rings. The maximum atomic E-state index is 9.62. The van der Waals surface area contributed by atoms with Crippen molar-refractivity contribution in [3.8, 4) is 17.1 Å². The summed E-state index contributed by atoms with van der Waals surface area (Å²) in [6, 6.07) is 90.1. The van der Waals surface area contributed by atoms with Crippen LogP contribution in [0.2, 0.25) is 0 Å². The van der Waals surface area contributed by atoms with E-state index in [2.05, 4.69) is 309 Å². The number of rotatable bonds is 4. The van der Waals surface area contributed by atoms with Gasteiger partial charge in [0.25, 0.3) is 6.47 Å². The van der Waals surface area contributed by atoms with Gasteiger partial charge in [-0.15, -0.1) is 0 Å². The Morgan fingerprint density at radius 3 is 1.49 bits per heavy atom. The number of halogens is 3. The third kappa shape index (κ3) is 12.1. The Morgan fingerprint density at radius 2 is 0.934 bits per heavy atom. The zero-order valence-electron chi connectivity index (χ0n) is 51.5. The Kier molecular flexibility index (Phi) is 19.5. The van der Waals surface area contributed by atoms with Gasteiger partial charge in [-0.25, -0.2) is 0 Å². The van der Waals surface area contributed by atoms with E-state index in [1.54, 1.807) is 0 Å². The molecule has 0 bridgehead atoms. The summed E-state index contributed by atoms with van der Waals surface area (Å²) in [4.78, 5) is 24.5. The summed E-state index contributed by atoms with van der Waals surface area (Å²) >= 11 is 9.48. The van der Waals surface area contributed by atoms with Crippen molar-refractivity contribution in [1.82, 2.24) is 18.7 Å². The summed E-state index contributed by atoms with van der Waals surface area (Å²) in [5.41, 5.74) is 16.8. The molecule has 0 spiro atoms. The third-order valence-electron chi connectivity index (χ3n) is 16.0. The van der Waals surface area contributed by atoms with E-state index in [-0.39, 0.29) is 123 Å². The number of aromatic nitrogens is 4. The fourth-order valence-electron chi connectivity index (χ4n) is 12.5. The van der Waals surface area contributed by atoms with Crippen LogP contribution in [0.1, 0.15) is 16.6 Å². The van der Waals surface area contributed by atoms with Crippen molar-refractivity contribution in [2.75, 3.05) is 0 Å². The van der Waals surface area contributed by atoms with Gasteiger partial charge in [-0.2, -0.15) is 0 Å². The van der Waals surface area contributed by atoms with Crippen molar-refractivity contribution in [2.45, 2.75) is 13.8 Å². The largest absolute Gasteiger partial charge is 1.00 e. The van der Waals surface area contributed by atoms with Gasteiger partial charge in [0.1, 0.15) is 28.1 Å². The number of carbonyl (C=O) groups excluding carboxylic acids is 2. The van der Waals surface area contributed by atoms with Crippen molar-refractivity contribution < 1.29 is 134 Å².